The van der Waals surface area contributed by atoms with E-state index in [2.05, 4.69) is 15.0 Å². The van der Waals surface area contributed by atoms with Crippen LogP contribution in [0.1, 0.15) is 34.7 Å². The largest absolute Gasteiger partial charge is 0.310 e. The summed E-state index contributed by atoms with van der Waals surface area (Å²) in [6, 6.07) is 0. The smallest absolute Gasteiger partial charge is 0.254 e. The van der Waals surface area contributed by atoms with E-state index in [1.165, 1.54) is 0 Å². The van der Waals surface area contributed by atoms with Crippen LogP contribution in [0.4, 0.5) is 0 Å². The van der Waals surface area contributed by atoms with Gasteiger partial charge < -0.3 is 4.98 Å². The zero-order valence-corrected chi connectivity index (χ0v) is 11.0. The third-order valence-electron chi connectivity index (χ3n) is 2.65. The van der Waals surface area contributed by atoms with Gasteiger partial charge in [0, 0.05) is 17.4 Å². The molecule has 4 nitrogen and oxygen atoms in total. The minimum atomic E-state index is -0.0428. The second-order valence-corrected chi connectivity index (χ2v) is 5.03. The van der Waals surface area contributed by atoms with Crippen molar-refractivity contribution in [2.45, 2.75) is 33.6 Å². The second-order valence-electron chi connectivity index (χ2n) is 3.97. The second kappa shape index (κ2) is 4.79. The van der Waals surface area contributed by atoms with Crippen molar-refractivity contribution in [2.24, 2.45) is 0 Å². The van der Waals surface area contributed by atoms with Crippen LogP contribution < -0.4 is 5.56 Å². The lowest BCUT2D eigenvalue weighted by molar-refractivity contribution is 0.858. The van der Waals surface area contributed by atoms with Crippen molar-refractivity contribution in [3.05, 3.63) is 43.5 Å². The van der Waals surface area contributed by atoms with E-state index in [0.29, 0.717) is 17.8 Å². The van der Waals surface area contributed by atoms with Gasteiger partial charge in [0.2, 0.25) is 0 Å². The highest BCUT2D eigenvalue weighted by Gasteiger charge is 2.07. The molecule has 0 bridgehead atoms. The Morgan fingerprint density at radius 3 is 2.71 bits per heavy atom. The maximum atomic E-state index is 11.7. The van der Waals surface area contributed by atoms with Crippen LogP contribution in [0.15, 0.2) is 10.2 Å². The fourth-order valence-corrected chi connectivity index (χ4v) is 2.33. The first-order valence-electron chi connectivity index (χ1n) is 5.59. The molecule has 17 heavy (non-hydrogen) atoms. The van der Waals surface area contributed by atoms with Crippen molar-refractivity contribution in [2.75, 3.05) is 0 Å². The van der Waals surface area contributed by atoms with Crippen LogP contribution in [0.5, 0.6) is 0 Å². The number of aryl methyl sites for hydroxylation is 2. The summed E-state index contributed by atoms with van der Waals surface area (Å²) in [5.41, 5.74) is 2.50. The number of thiazole rings is 1. The Hall–Kier alpha value is -1.49. The fraction of sp³-hybridized carbons (Fsp3) is 0.417. The predicted octanol–water partition coefficient (Wildman–Crippen LogP) is 2.00. The van der Waals surface area contributed by atoms with Crippen LogP contribution in [0.25, 0.3) is 0 Å². The van der Waals surface area contributed by atoms with Crippen molar-refractivity contribution in [1.29, 1.82) is 0 Å². The van der Waals surface area contributed by atoms with E-state index in [9.17, 15) is 4.79 Å². The molecule has 0 aliphatic heterocycles. The molecule has 2 rings (SSSR count). The molecule has 5 heteroatoms. The van der Waals surface area contributed by atoms with Gasteiger partial charge in [-0.3, -0.25) is 4.79 Å². The topological polar surface area (TPSA) is 58.6 Å². The summed E-state index contributed by atoms with van der Waals surface area (Å²) in [6.45, 7) is 5.78. The Labute approximate surface area is 104 Å². The fourth-order valence-electron chi connectivity index (χ4n) is 1.72. The molecule has 1 N–H and O–H groups in total. The summed E-state index contributed by atoms with van der Waals surface area (Å²) in [7, 11) is 0. The molecule has 2 heterocycles. The quantitative estimate of drug-likeness (QED) is 0.905. The molecule has 0 spiro atoms. The zero-order valence-electron chi connectivity index (χ0n) is 10.2. The third-order valence-corrected chi connectivity index (χ3v) is 3.47. The first-order valence-corrected chi connectivity index (χ1v) is 6.47. The first-order chi connectivity index (χ1) is 8.10. The lowest BCUT2D eigenvalue weighted by atomic mass is 10.2. The Morgan fingerprint density at radius 1 is 1.35 bits per heavy atom. The summed E-state index contributed by atoms with van der Waals surface area (Å²) in [5, 5.41) is 3.03. The van der Waals surface area contributed by atoms with Crippen LogP contribution in [-0.4, -0.2) is 15.0 Å². The molecular weight excluding hydrogens is 234 g/mol. The maximum absolute atomic E-state index is 11.7. The number of rotatable bonds is 3. The van der Waals surface area contributed by atoms with Crippen LogP contribution in [0, 0.1) is 13.8 Å². The molecule has 0 radical (unpaired) electrons. The zero-order chi connectivity index (χ0) is 12.4. The van der Waals surface area contributed by atoms with Crippen molar-refractivity contribution in [3.8, 4) is 0 Å². The molecule has 2 aromatic rings. The number of hydrogen-bond acceptors (Lipinski definition) is 4. The molecule has 0 fully saturated rings. The van der Waals surface area contributed by atoms with Crippen molar-refractivity contribution in [1.82, 2.24) is 15.0 Å². The standard InChI is InChI=1S/C12H15N3OS/c1-4-10-7(2)12(16)15-11(14-10)5-9-6-17-8(3)13-9/h6H,4-5H2,1-3H3,(H,14,15,16). The molecule has 0 atom stereocenters. The van der Waals surface area contributed by atoms with Gasteiger partial charge in [0.1, 0.15) is 5.82 Å². The van der Waals surface area contributed by atoms with Gasteiger partial charge in [0.05, 0.1) is 16.4 Å². The first kappa shape index (κ1) is 12.0. The van der Waals surface area contributed by atoms with Crippen molar-refractivity contribution < 1.29 is 0 Å². The molecule has 90 valence electrons. The van der Waals surface area contributed by atoms with Crippen LogP contribution in [0.3, 0.4) is 0 Å². The number of aromatic amines is 1. The van der Waals surface area contributed by atoms with Crippen molar-refractivity contribution >= 4 is 11.3 Å². The average molecular weight is 249 g/mol. The van der Waals surface area contributed by atoms with Crippen LogP contribution >= 0.6 is 11.3 Å². The van der Waals surface area contributed by atoms with Gasteiger partial charge in [-0.25, -0.2) is 9.97 Å². The van der Waals surface area contributed by atoms with Gasteiger partial charge in [0.25, 0.3) is 5.56 Å². The molecule has 0 unspecified atom stereocenters. The predicted molar refractivity (Wildman–Crippen MR) is 68.6 cm³/mol. The van der Waals surface area contributed by atoms with E-state index >= 15 is 0 Å². The summed E-state index contributed by atoms with van der Waals surface area (Å²) in [4.78, 5) is 23.3. The highest BCUT2D eigenvalue weighted by molar-refractivity contribution is 7.09. The molecule has 0 amide bonds. The maximum Gasteiger partial charge on any atom is 0.254 e. The van der Waals surface area contributed by atoms with Crippen molar-refractivity contribution in [3.63, 3.8) is 0 Å². The monoisotopic (exact) mass is 249 g/mol. The summed E-state index contributed by atoms with van der Waals surface area (Å²) in [5.74, 6) is 0.697. The molecule has 0 aromatic carbocycles. The highest BCUT2D eigenvalue weighted by Crippen LogP contribution is 2.11. The Bertz CT molecular complexity index is 586. The van der Waals surface area contributed by atoms with Crippen LogP contribution in [-0.2, 0) is 12.8 Å². The number of H-pyrrole nitrogens is 1. The minimum Gasteiger partial charge on any atom is -0.310 e. The van der Waals surface area contributed by atoms with E-state index in [1.54, 1.807) is 18.3 Å². The van der Waals surface area contributed by atoms with E-state index in [4.69, 9.17) is 0 Å². The normalized spacial score (nSPS) is 10.8. The third kappa shape index (κ3) is 2.61. The van der Waals surface area contributed by atoms with Crippen LogP contribution in [0.2, 0.25) is 0 Å². The van der Waals surface area contributed by atoms with E-state index in [-0.39, 0.29) is 5.56 Å². The molecular formula is C12H15N3OS. The molecule has 2 aromatic heterocycles. The lowest BCUT2D eigenvalue weighted by Crippen LogP contribution is -2.17. The summed E-state index contributed by atoms with van der Waals surface area (Å²) in [6.07, 6.45) is 1.37. The van der Waals surface area contributed by atoms with Gasteiger partial charge in [0.15, 0.2) is 0 Å². The molecule has 0 aliphatic carbocycles. The van der Waals surface area contributed by atoms with Gasteiger partial charge in [-0.05, 0) is 20.3 Å². The SMILES string of the molecule is CCc1nc(Cc2csc(C)n2)[nH]c(=O)c1C. The summed E-state index contributed by atoms with van der Waals surface area (Å²) < 4.78 is 0. The van der Waals surface area contributed by atoms with Gasteiger partial charge in [-0.1, -0.05) is 6.92 Å². The molecule has 0 saturated carbocycles. The molecule has 0 saturated heterocycles. The van der Waals surface area contributed by atoms with Gasteiger partial charge >= 0.3 is 0 Å². The number of nitrogens with zero attached hydrogens (tertiary/aromatic N) is 2. The Kier molecular flexibility index (Phi) is 3.38. The lowest BCUT2D eigenvalue weighted by Gasteiger charge is -2.04. The summed E-state index contributed by atoms with van der Waals surface area (Å²) >= 11 is 1.61. The minimum absolute atomic E-state index is 0.0428. The highest BCUT2D eigenvalue weighted by atomic mass is 32.1. The molecule has 0 aliphatic rings. The number of hydrogen-bond donors (Lipinski definition) is 1. The van der Waals surface area contributed by atoms with E-state index < -0.39 is 0 Å². The van der Waals surface area contributed by atoms with E-state index in [1.807, 2.05) is 19.2 Å². The van der Waals surface area contributed by atoms with Gasteiger partial charge in [-0.15, -0.1) is 11.3 Å². The van der Waals surface area contributed by atoms with E-state index in [0.717, 1.165) is 22.8 Å². The Morgan fingerprint density at radius 2 is 2.12 bits per heavy atom. The number of aromatic nitrogens is 3. The van der Waals surface area contributed by atoms with Gasteiger partial charge in [-0.2, -0.15) is 0 Å². The number of nitrogens with one attached hydrogen (secondary N) is 1. The Balaban J connectivity index is 2.33. The average Bonchev–Trinajstić information content (AvgIpc) is 2.69.